The molecule has 0 atom stereocenters. The molecule has 2 N–H and O–H groups in total. The summed E-state index contributed by atoms with van der Waals surface area (Å²) in [7, 11) is 0. The van der Waals surface area contributed by atoms with Gasteiger partial charge in [-0.25, -0.2) is 0 Å². The van der Waals surface area contributed by atoms with E-state index in [-0.39, 0.29) is 0 Å². The summed E-state index contributed by atoms with van der Waals surface area (Å²) in [6.07, 6.45) is 7.55. The van der Waals surface area contributed by atoms with Gasteiger partial charge >= 0.3 is 0 Å². The third-order valence-corrected chi connectivity index (χ3v) is 0.949. The Labute approximate surface area is 67.0 Å². The first kappa shape index (κ1) is 9.62. The molecule has 0 aromatic heterocycles. The molecule has 0 amide bonds. The molecule has 0 spiro atoms. The number of aliphatic imine (C=N–C) groups is 1. The Balaban J connectivity index is 4.21. The van der Waals surface area contributed by atoms with Gasteiger partial charge in [-0.1, -0.05) is 25.7 Å². The Morgan fingerprint density at radius 2 is 2.36 bits per heavy atom. The second-order valence-corrected chi connectivity index (χ2v) is 1.83. The van der Waals surface area contributed by atoms with Gasteiger partial charge in [0, 0.05) is 6.21 Å². The van der Waals surface area contributed by atoms with E-state index in [1.807, 2.05) is 13.0 Å². The van der Waals surface area contributed by atoms with Gasteiger partial charge < -0.3 is 5.84 Å². The Kier molecular flexibility index (Phi) is 5.89. The summed E-state index contributed by atoms with van der Waals surface area (Å²) < 4.78 is 0. The van der Waals surface area contributed by atoms with E-state index >= 15 is 0 Å². The molecule has 0 rings (SSSR count). The molecule has 0 saturated carbocycles. The average Bonchev–Trinajstić information content (AvgIpc) is 2.01. The van der Waals surface area contributed by atoms with Crippen molar-refractivity contribution in [3.05, 3.63) is 24.4 Å². The van der Waals surface area contributed by atoms with Gasteiger partial charge in [0.25, 0.3) is 0 Å². The van der Waals surface area contributed by atoms with Crippen LogP contribution in [-0.4, -0.2) is 12.4 Å². The molecule has 0 radical (unpaired) electrons. The highest BCUT2D eigenvalue weighted by Crippen LogP contribution is 1.93. The number of allylic oxidation sites excluding steroid dienone is 3. The molecule has 0 aliphatic rings. The summed E-state index contributed by atoms with van der Waals surface area (Å²) in [6, 6.07) is 0. The highest BCUT2D eigenvalue weighted by Gasteiger charge is 1.83. The molecule has 60 valence electrons. The first-order valence-electron chi connectivity index (χ1n) is 3.43. The Hall–Kier alpha value is -1.38. The fourth-order valence-corrected chi connectivity index (χ4v) is 0.563. The zero-order chi connectivity index (χ0) is 8.53. The molecule has 3 heteroatoms. The predicted molar refractivity (Wildman–Crippen MR) is 49.7 cm³/mol. The van der Waals surface area contributed by atoms with Gasteiger partial charge in [-0.15, -0.1) is 0 Å². The highest BCUT2D eigenvalue weighted by atomic mass is 15.1. The highest BCUT2D eigenvalue weighted by molar-refractivity contribution is 5.82. The van der Waals surface area contributed by atoms with Crippen molar-refractivity contribution in [2.24, 2.45) is 15.9 Å². The zero-order valence-electron chi connectivity index (χ0n) is 6.70. The van der Waals surface area contributed by atoms with Gasteiger partial charge in [-0.2, -0.15) is 5.10 Å². The molecule has 0 bridgehead atoms. The molecule has 3 nitrogen and oxygen atoms in total. The van der Waals surface area contributed by atoms with Crippen molar-refractivity contribution in [2.45, 2.75) is 13.3 Å². The van der Waals surface area contributed by atoms with E-state index in [9.17, 15) is 0 Å². The van der Waals surface area contributed by atoms with Crippen molar-refractivity contribution in [3.63, 3.8) is 0 Å². The molecule has 0 fully saturated rings. The number of hydrogen-bond donors (Lipinski definition) is 1. The van der Waals surface area contributed by atoms with E-state index in [1.165, 1.54) is 6.21 Å². The van der Waals surface area contributed by atoms with Crippen LogP contribution < -0.4 is 5.84 Å². The molecule has 0 unspecified atom stereocenters. The standard InChI is InChI=1S/C8H13N3/c1-3-5-8(7-11-9)10-6-4-2/h4-7H,2-3,9H2,1H3/b8-5-,10-6?,11-7+. The summed E-state index contributed by atoms with van der Waals surface area (Å²) in [6.45, 7) is 5.52. The van der Waals surface area contributed by atoms with Gasteiger partial charge in [-0.05, 0) is 6.42 Å². The van der Waals surface area contributed by atoms with Gasteiger partial charge in [0.05, 0.1) is 11.9 Å². The summed E-state index contributed by atoms with van der Waals surface area (Å²) in [5.41, 5.74) is 0.759. The number of rotatable bonds is 4. The van der Waals surface area contributed by atoms with Crippen LogP contribution in [0.25, 0.3) is 0 Å². The lowest BCUT2D eigenvalue weighted by atomic mass is 10.3. The minimum Gasteiger partial charge on any atom is -0.323 e. The molecule has 11 heavy (non-hydrogen) atoms. The molecule has 0 heterocycles. The number of hydrogen-bond acceptors (Lipinski definition) is 3. The number of hydrazone groups is 1. The fraction of sp³-hybridized carbons (Fsp3) is 0.250. The second kappa shape index (κ2) is 6.74. The SMILES string of the molecule is C=CC=NC(=C\CC)/C=N/N. The summed E-state index contributed by atoms with van der Waals surface area (Å²) >= 11 is 0. The zero-order valence-corrected chi connectivity index (χ0v) is 6.70. The Bertz CT molecular complexity index is 190. The average molecular weight is 151 g/mol. The van der Waals surface area contributed by atoms with E-state index < -0.39 is 0 Å². The van der Waals surface area contributed by atoms with E-state index in [2.05, 4.69) is 16.7 Å². The Morgan fingerprint density at radius 1 is 1.64 bits per heavy atom. The summed E-state index contributed by atoms with van der Waals surface area (Å²) in [5, 5.41) is 3.37. The largest absolute Gasteiger partial charge is 0.323 e. The smallest absolute Gasteiger partial charge is 0.0790 e. The van der Waals surface area contributed by atoms with Crippen LogP contribution in [0.1, 0.15) is 13.3 Å². The lowest BCUT2D eigenvalue weighted by Gasteiger charge is -1.88. The van der Waals surface area contributed by atoms with E-state index in [1.54, 1.807) is 12.3 Å². The molecule has 0 saturated heterocycles. The van der Waals surface area contributed by atoms with Crippen LogP contribution in [0, 0.1) is 0 Å². The van der Waals surface area contributed by atoms with Crippen LogP contribution in [0.3, 0.4) is 0 Å². The Morgan fingerprint density at radius 3 is 2.82 bits per heavy atom. The normalized spacial score (nSPS) is 13.0. The van der Waals surface area contributed by atoms with Crippen molar-refractivity contribution in [1.29, 1.82) is 0 Å². The summed E-state index contributed by atoms with van der Waals surface area (Å²) in [4.78, 5) is 4.01. The molecule has 0 aliphatic heterocycles. The maximum absolute atomic E-state index is 4.96. The first-order chi connectivity index (χ1) is 5.35. The number of nitrogens with two attached hydrogens (primary N) is 1. The third-order valence-electron chi connectivity index (χ3n) is 0.949. The van der Waals surface area contributed by atoms with Crippen molar-refractivity contribution in [2.75, 3.05) is 0 Å². The molecular weight excluding hydrogens is 138 g/mol. The van der Waals surface area contributed by atoms with E-state index in [0.29, 0.717) is 0 Å². The lowest BCUT2D eigenvalue weighted by molar-refractivity contribution is 1.19. The quantitative estimate of drug-likeness (QED) is 0.369. The third kappa shape index (κ3) is 5.08. The van der Waals surface area contributed by atoms with Gasteiger partial charge in [0.2, 0.25) is 0 Å². The minimum atomic E-state index is 0.759. The van der Waals surface area contributed by atoms with Gasteiger partial charge in [0.1, 0.15) is 0 Å². The predicted octanol–water partition coefficient (Wildman–Crippen LogP) is 1.48. The molecule has 0 aromatic carbocycles. The molecule has 0 aromatic rings. The van der Waals surface area contributed by atoms with Crippen LogP contribution in [0.15, 0.2) is 34.5 Å². The monoisotopic (exact) mass is 151 g/mol. The maximum Gasteiger partial charge on any atom is 0.0790 e. The van der Waals surface area contributed by atoms with Gasteiger partial charge in [-0.3, -0.25) is 4.99 Å². The topological polar surface area (TPSA) is 50.7 Å². The number of nitrogens with zero attached hydrogens (tertiary/aromatic N) is 2. The minimum absolute atomic E-state index is 0.759. The first-order valence-corrected chi connectivity index (χ1v) is 3.43. The van der Waals surface area contributed by atoms with Crippen molar-refractivity contribution in [3.8, 4) is 0 Å². The fourth-order valence-electron chi connectivity index (χ4n) is 0.563. The van der Waals surface area contributed by atoms with Crippen LogP contribution in [-0.2, 0) is 0 Å². The molecule has 0 aliphatic carbocycles. The van der Waals surface area contributed by atoms with Gasteiger partial charge in [0.15, 0.2) is 0 Å². The van der Waals surface area contributed by atoms with Crippen LogP contribution in [0.5, 0.6) is 0 Å². The van der Waals surface area contributed by atoms with Crippen LogP contribution in [0.4, 0.5) is 0 Å². The van der Waals surface area contributed by atoms with E-state index in [0.717, 1.165) is 12.1 Å². The van der Waals surface area contributed by atoms with Crippen molar-refractivity contribution < 1.29 is 0 Å². The lowest BCUT2D eigenvalue weighted by Crippen LogP contribution is -1.86. The van der Waals surface area contributed by atoms with Crippen LogP contribution in [0.2, 0.25) is 0 Å². The summed E-state index contributed by atoms with van der Waals surface area (Å²) in [5.74, 6) is 4.96. The van der Waals surface area contributed by atoms with Crippen LogP contribution >= 0.6 is 0 Å². The second-order valence-electron chi connectivity index (χ2n) is 1.83. The molecular formula is C8H13N3. The van der Waals surface area contributed by atoms with E-state index in [4.69, 9.17) is 5.84 Å². The maximum atomic E-state index is 4.96. The van der Waals surface area contributed by atoms with Crippen molar-refractivity contribution >= 4 is 12.4 Å². The van der Waals surface area contributed by atoms with Crippen molar-refractivity contribution in [1.82, 2.24) is 0 Å².